The molecule has 2 rings (SSSR count). The van der Waals surface area contributed by atoms with E-state index in [1.54, 1.807) is 18.4 Å². The Balaban J connectivity index is 2.30. The summed E-state index contributed by atoms with van der Waals surface area (Å²) in [7, 11) is -3.42. The number of aliphatic hydroxyl groups is 1. The predicted octanol–water partition coefficient (Wildman–Crippen LogP) is 1.45. The van der Waals surface area contributed by atoms with Gasteiger partial charge in [0.15, 0.2) is 0 Å². The van der Waals surface area contributed by atoms with E-state index in [-0.39, 0.29) is 12.5 Å². The quantitative estimate of drug-likeness (QED) is 0.888. The minimum atomic E-state index is -3.42. The molecule has 17 heavy (non-hydrogen) atoms. The van der Waals surface area contributed by atoms with Crippen LogP contribution in [-0.2, 0) is 10.0 Å². The van der Waals surface area contributed by atoms with Crippen LogP contribution in [0.15, 0.2) is 15.7 Å². The molecule has 0 saturated carbocycles. The van der Waals surface area contributed by atoms with Gasteiger partial charge in [-0.05, 0) is 36.3 Å². The molecule has 0 unspecified atom stereocenters. The van der Waals surface area contributed by atoms with E-state index in [9.17, 15) is 13.5 Å². The van der Waals surface area contributed by atoms with Gasteiger partial charge in [0.05, 0.1) is 6.10 Å². The Hall–Kier alpha value is -0.430. The molecular formula is C11H17NO3S2. The van der Waals surface area contributed by atoms with Crippen molar-refractivity contribution in [3.8, 4) is 0 Å². The summed E-state index contributed by atoms with van der Waals surface area (Å²) >= 11 is 1.24. The molecule has 1 aliphatic rings. The van der Waals surface area contributed by atoms with E-state index in [1.165, 1.54) is 15.6 Å². The van der Waals surface area contributed by atoms with E-state index in [0.29, 0.717) is 17.2 Å². The van der Waals surface area contributed by atoms with Gasteiger partial charge in [-0.25, -0.2) is 8.42 Å². The number of thiophene rings is 1. The third-order valence-corrected chi connectivity index (χ3v) is 6.49. The number of aryl methyl sites for hydroxylation is 1. The summed E-state index contributed by atoms with van der Waals surface area (Å²) in [4.78, 5) is 0. The van der Waals surface area contributed by atoms with E-state index >= 15 is 0 Å². The molecule has 0 amide bonds. The Morgan fingerprint density at radius 3 is 2.71 bits per heavy atom. The predicted molar refractivity (Wildman–Crippen MR) is 67.6 cm³/mol. The molecule has 96 valence electrons. The molecule has 1 aliphatic heterocycles. The molecule has 1 aromatic rings. The van der Waals surface area contributed by atoms with Gasteiger partial charge < -0.3 is 5.11 Å². The highest BCUT2D eigenvalue weighted by atomic mass is 32.2. The highest BCUT2D eigenvalue weighted by molar-refractivity contribution is 7.91. The van der Waals surface area contributed by atoms with E-state index in [1.807, 2.05) is 6.92 Å². The molecule has 0 aromatic carbocycles. The SMILES string of the molecule is Cc1ccsc1S(=O)(=O)N1C[C@H](C)C[C@H](O)C1. The van der Waals surface area contributed by atoms with Crippen molar-refractivity contribution in [2.75, 3.05) is 13.1 Å². The van der Waals surface area contributed by atoms with Gasteiger partial charge in [0.2, 0.25) is 0 Å². The Morgan fingerprint density at radius 1 is 1.47 bits per heavy atom. The Morgan fingerprint density at radius 2 is 2.18 bits per heavy atom. The smallest absolute Gasteiger partial charge is 0.252 e. The molecule has 2 heterocycles. The number of aliphatic hydroxyl groups excluding tert-OH is 1. The minimum Gasteiger partial charge on any atom is -0.392 e. The van der Waals surface area contributed by atoms with Crippen LogP contribution in [0.2, 0.25) is 0 Å². The fraction of sp³-hybridized carbons (Fsp3) is 0.636. The maximum Gasteiger partial charge on any atom is 0.252 e. The molecular weight excluding hydrogens is 258 g/mol. The largest absolute Gasteiger partial charge is 0.392 e. The summed E-state index contributed by atoms with van der Waals surface area (Å²) in [6.07, 6.45) is 0.129. The Kier molecular flexibility index (Phi) is 3.58. The third-order valence-electron chi connectivity index (χ3n) is 2.99. The lowest BCUT2D eigenvalue weighted by Crippen LogP contribution is -2.45. The Bertz CT molecular complexity index is 485. The van der Waals surface area contributed by atoms with Gasteiger partial charge >= 0.3 is 0 Å². The van der Waals surface area contributed by atoms with Crippen LogP contribution < -0.4 is 0 Å². The van der Waals surface area contributed by atoms with Gasteiger partial charge in [0.25, 0.3) is 10.0 Å². The topological polar surface area (TPSA) is 57.6 Å². The van der Waals surface area contributed by atoms with E-state index in [0.717, 1.165) is 5.56 Å². The molecule has 0 spiro atoms. The highest BCUT2D eigenvalue weighted by Crippen LogP contribution is 2.28. The van der Waals surface area contributed by atoms with Crippen molar-refractivity contribution >= 4 is 21.4 Å². The molecule has 2 atom stereocenters. The summed E-state index contributed by atoms with van der Waals surface area (Å²) in [6.45, 7) is 4.47. The van der Waals surface area contributed by atoms with Crippen LogP contribution in [0.5, 0.6) is 0 Å². The van der Waals surface area contributed by atoms with E-state index in [4.69, 9.17) is 0 Å². The van der Waals surface area contributed by atoms with Gasteiger partial charge in [-0.2, -0.15) is 4.31 Å². The second kappa shape index (κ2) is 4.68. The summed E-state index contributed by atoms with van der Waals surface area (Å²) < 4.78 is 26.6. The van der Waals surface area contributed by atoms with Crippen molar-refractivity contribution in [2.45, 2.75) is 30.6 Å². The second-order valence-electron chi connectivity index (χ2n) is 4.71. The fourth-order valence-electron chi connectivity index (χ4n) is 2.21. The summed E-state index contributed by atoms with van der Waals surface area (Å²) in [5, 5.41) is 11.5. The number of nitrogens with zero attached hydrogens (tertiary/aromatic N) is 1. The standard InChI is InChI=1S/C11H17NO3S2/c1-8-5-10(13)7-12(6-8)17(14,15)11-9(2)3-4-16-11/h3-4,8,10,13H,5-7H2,1-2H3/t8-,10+/m1/s1. The summed E-state index contributed by atoms with van der Waals surface area (Å²) in [5.41, 5.74) is 0.780. The first-order valence-corrected chi connectivity index (χ1v) is 7.95. The van der Waals surface area contributed by atoms with Crippen molar-refractivity contribution in [2.24, 2.45) is 5.92 Å². The van der Waals surface area contributed by atoms with Crippen molar-refractivity contribution in [1.29, 1.82) is 0 Å². The monoisotopic (exact) mass is 275 g/mol. The van der Waals surface area contributed by atoms with Crippen molar-refractivity contribution in [3.63, 3.8) is 0 Å². The number of hydrogen-bond acceptors (Lipinski definition) is 4. The molecule has 1 fully saturated rings. The molecule has 1 aromatic heterocycles. The van der Waals surface area contributed by atoms with Gasteiger partial charge in [-0.3, -0.25) is 0 Å². The lowest BCUT2D eigenvalue weighted by molar-refractivity contribution is 0.0822. The molecule has 6 heteroatoms. The molecule has 4 nitrogen and oxygen atoms in total. The van der Waals surface area contributed by atoms with Crippen molar-refractivity contribution in [1.82, 2.24) is 4.31 Å². The average Bonchev–Trinajstić information content (AvgIpc) is 2.63. The van der Waals surface area contributed by atoms with Gasteiger partial charge in [-0.1, -0.05) is 6.92 Å². The van der Waals surface area contributed by atoms with Crippen LogP contribution in [0.3, 0.4) is 0 Å². The number of rotatable bonds is 2. The zero-order chi connectivity index (χ0) is 12.6. The van der Waals surface area contributed by atoms with Crippen LogP contribution >= 0.6 is 11.3 Å². The van der Waals surface area contributed by atoms with Gasteiger partial charge in [0, 0.05) is 13.1 Å². The van der Waals surface area contributed by atoms with Crippen LogP contribution in [-0.4, -0.2) is 37.0 Å². The first kappa shape index (κ1) is 13.0. The Labute approximate surface area is 106 Å². The maximum atomic E-state index is 12.4. The van der Waals surface area contributed by atoms with Crippen LogP contribution in [0.25, 0.3) is 0 Å². The molecule has 0 aliphatic carbocycles. The minimum absolute atomic E-state index is 0.203. The summed E-state index contributed by atoms with van der Waals surface area (Å²) in [6, 6.07) is 1.81. The molecule has 1 saturated heterocycles. The maximum absolute atomic E-state index is 12.4. The lowest BCUT2D eigenvalue weighted by atomic mass is 10.00. The highest BCUT2D eigenvalue weighted by Gasteiger charge is 2.33. The fourth-order valence-corrected chi connectivity index (χ4v) is 5.35. The zero-order valence-corrected chi connectivity index (χ0v) is 11.6. The van der Waals surface area contributed by atoms with Crippen molar-refractivity contribution < 1.29 is 13.5 Å². The van der Waals surface area contributed by atoms with Crippen LogP contribution in [0.1, 0.15) is 18.9 Å². The number of piperidine rings is 1. The van der Waals surface area contributed by atoms with E-state index in [2.05, 4.69) is 0 Å². The number of β-amino-alcohol motifs (C(OH)–C–C–N with tert-alkyl or cyclic N) is 1. The zero-order valence-electron chi connectivity index (χ0n) is 9.96. The number of hydrogen-bond donors (Lipinski definition) is 1. The second-order valence-corrected chi connectivity index (χ2v) is 7.76. The molecule has 0 bridgehead atoms. The van der Waals surface area contributed by atoms with Gasteiger partial charge in [0.1, 0.15) is 4.21 Å². The summed E-state index contributed by atoms with van der Waals surface area (Å²) in [5.74, 6) is 0.203. The average molecular weight is 275 g/mol. The first-order valence-electron chi connectivity index (χ1n) is 5.63. The van der Waals surface area contributed by atoms with Crippen molar-refractivity contribution in [3.05, 3.63) is 17.0 Å². The third kappa shape index (κ3) is 2.54. The lowest BCUT2D eigenvalue weighted by Gasteiger charge is -2.32. The number of sulfonamides is 1. The van der Waals surface area contributed by atoms with Gasteiger partial charge in [-0.15, -0.1) is 11.3 Å². The molecule has 0 radical (unpaired) electrons. The first-order chi connectivity index (χ1) is 7.91. The van der Waals surface area contributed by atoms with E-state index < -0.39 is 16.1 Å². The van der Waals surface area contributed by atoms with Crippen LogP contribution in [0, 0.1) is 12.8 Å². The normalized spacial score (nSPS) is 27.2. The van der Waals surface area contributed by atoms with Crippen LogP contribution in [0.4, 0.5) is 0 Å². The molecule has 1 N–H and O–H groups in total.